The fourth-order valence-corrected chi connectivity index (χ4v) is 4.86. The van der Waals surface area contributed by atoms with E-state index in [9.17, 15) is 14.3 Å². The Morgan fingerprint density at radius 1 is 1.42 bits per heavy atom. The Hall–Kier alpha value is -2.26. The molecule has 1 N–H and O–H groups in total. The average molecular weight is 477 g/mol. The highest BCUT2D eigenvalue weighted by atomic mass is 32.1. The van der Waals surface area contributed by atoms with E-state index in [2.05, 4.69) is 6.58 Å². The second kappa shape index (κ2) is 12.3. The summed E-state index contributed by atoms with van der Waals surface area (Å²) in [5.74, 6) is 0.0326. The van der Waals surface area contributed by atoms with E-state index in [-0.39, 0.29) is 43.6 Å². The summed E-state index contributed by atoms with van der Waals surface area (Å²) in [6.07, 6.45) is 1.85. The van der Waals surface area contributed by atoms with Crippen LogP contribution in [0.15, 0.2) is 48.4 Å². The molecule has 1 aromatic carbocycles. The molecule has 0 fully saturated rings. The number of nitrogens with zero attached hydrogens (tertiary/aromatic N) is 2. The predicted octanol–water partition coefficient (Wildman–Crippen LogP) is 3.67. The van der Waals surface area contributed by atoms with Crippen LogP contribution in [0.25, 0.3) is 0 Å². The molecular weight excluding hydrogens is 443 g/mol. The highest BCUT2D eigenvalue weighted by Crippen LogP contribution is 2.34. The summed E-state index contributed by atoms with van der Waals surface area (Å²) >= 11 is 1.68. The molecule has 6 nitrogen and oxygen atoms in total. The first-order valence-electron chi connectivity index (χ1n) is 11.2. The number of aliphatic hydroxyl groups excluding tert-OH is 1. The van der Waals surface area contributed by atoms with E-state index in [0.29, 0.717) is 25.4 Å². The molecule has 2 atom stereocenters. The van der Waals surface area contributed by atoms with Crippen molar-refractivity contribution in [3.8, 4) is 5.75 Å². The van der Waals surface area contributed by atoms with Crippen molar-refractivity contribution in [2.45, 2.75) is 38.5 Å². The number of halogens is 1. The van der Waals surface area contributed by atoms with Crippen LogP contribution in [0.4, 0.5) is 4.39 Å². The molecule has 2 unspecified atom stereocenters. The summed E-state index contributed by atoms with van der Waals surface area (Å²) in [5, 5.41) is 12.4. The zero-order valence-electron chi connectivity index (χ0n) is 19.3. The van der Waals surface area contributed by atoms with Gasteiger partial charge in [0.2, 0.25) is 5.91 Å². The van der Waals surface area contributed by atoms with Gasteiger partial charge in [-0.3, -0.25) is 9.69 Å². The Labute approximate surface area is 199 Å². The highest BCUT2D eigenvalue weighted by Gasteiger charge is 2.33. The lowest BCUT2D eigenvalue weighted by Gasteiger charge is -2.37. The number of carbonyl (C=O) groups is 1. The molecule has 33 heavy (non-hydrogen) atoms. The third kappa shape index (κ3) is 7.37. The molecule has 0 aliphatic carbocycles. The SMILES string of the molecule is C=CCN(CC(=O)N1CCc2sccc2C1COc1cccc(F)c1)CC(O)COC(C)C. The van der Waals surface area contributed by atoms with Crippen LogP contribution in [0.2, 0.25) is 0 Å². The van der Waals surface area contributed by atoms with Gasteiger partial charge in [0.1, 0.15) is 18.2 Å². The summed E-state index contributed by atoms with van der Waals surface area (Å²) in [6, 6.07) is 7.81. The maximum absolute atomic E-state index is 13.6. The van der Waals surface area contributed by atoms with Crippen LogP contribution < -0.4 is 4.74 Å². The van der Waals surface area contributed by atoms with Crippen LogP contribution in [0.5, 0.6) is 5.75 Å². The van der Waals surface area contributed by atoms with Gasteiger partial charge in [-0.25, -0.2) is 4.39 Å². The summed E-state index contributed by atoms with van der Waals surface area (Å²) in [4.78, 5) is 18.3. The van der Waals surface area contributed by atoms with Crippen molar-refractivity contribution in [3.63, 3.8) is 0 Å². The Balaban J connectivity index is 1.68. The van der Waals surface area contributed by atoms with Crippen LogP contribution in [0, 0.1) is 5.82 Å². The molecule has 1 aliphatic rings. The smallest absolute Gasteiger partial charge is 0.237 e. The number of carbonyl (C=O) groups excluding carboxylic acids is 1. The lowest BCUT2D eigenvalue weighted by atomic mass is 10.0. The lowest BCUT2D eigenvalue weighted by Crippen LogP contribution is -2.48. The van der Waals surface area contributed by atoms with Crippen LogP contribution in [0.1, 0.15) is 30.3 Å². The zero-order chi connectivity index (χ0) is 23.8. The molecule has 8 heteroatoms. The Kier molecular flexibility index (Phi) is 9.43. The van der Waals surface area contributed by atoms with Crippen molar-refractivity contribution < 1.29 is 23.8 Å². The molecule has 0 saturated heterocycles. The molecule has 180 valence electrons. The molecule has 1 aliphatic heterocycles. The van der Waals surface area contributed by atoms with Crippen molar-refractivity contribution in [3.05, 3.63) is 64.6 Å². The summed E-state index contributed by atoms with van der Waals surface area (Å²) in [7, 11) is 0. The zero-order valence-corrected chi connectivity index (χ0v) is 20.1. The predicted molar refractivity (Wildman–Crippen MR) is 128 cm³/mol. The van der Waals surface area contributed by atoms with Gasteiger partial charge >= 0.3 is 0 Å². The first kappa shape index (κ1) is 25.4. The summed E-state index contributed by atoms with van der Waals surface area (Å²) in [5.41, 5.74) is 1.08. The van der Waals surface area contributed by atoms with E-state index in [0.717, 1.165) is 12.0 Å². The van der Waals surface area contributed by atoms with E-state index < -0.39 is 6.10 Å². The number of aliphatic hydroxyl groups is 1. The second-order valence-corrected chi connectivity index (χ2v) is 9.44. The normalized spacial score (nSPS) is 16.7. The van der Waals surface area contributed by atoms with Crippen molar-refractivity contribution in [1.29, 1.82) is 0 Å². The van der Waals surface area contributed by atoms with Crippen molar-refractivity contribution in [1.82, 2.24) is 9.80 Å². The molecule has 1 amide bonds. The highest BCUT2D eigenvalue weighted by molar-refractivity contribution is 7.10. The number of rotatable bonds is 12. The first-order chi connectivity index (χ1) is 15.9. The Morgan fingerprint density at radius 2 is 2.24 bits per heavy atom. The number of hydrogen-bond acceptors (Lipinski definition) is 6. The molecule has 3 rings (SSSR count). The van der Waals surface area contributed by atoms with Gasteiger partial charge in [0.25, 0.3) is 0 Å². The summed E-state index contributed by atoms with van der Waals surface area (Å²) in [6.45, 7) is 9.60. The van der Waals surface area contributed by atoms with Crippen LogP contribution >= 0.6 is 11.3 Å². The quantitative estimate of drug-likeness (QED) is 0.474. The minimum absolute atomic E-state index is 0.0288. The number of ether oxygens (including phenoxy) is 2. The molecule has 2 aromatic rings. The lowest BCUT2D eigenvalue weighted by molar-refractivity contribution is -0.136. The number of benzene rings is 1. The maximum atomic E-state index is 13.6. The van der Waals surface area contributed by atoms with E-state index in [1.165, 1.54) is 17.0 Å². The van der Waals surface area contributed by atoms with Crippen LogP contribution in [0.3, 0.4) is 0 Å². The van der Waals surface area contributed by atoms with Crippen molar-refractivity contribution in [2.24, 2.45) is 0 Å². The van der Waals surface area contributed by atoms with Gasteiger partial charge in [-0.2, -0.15) is 0 Å². The monoisotopic (exact) mass is 476 g/mol. The van der Waals surface area contributed by atoms with Crippen LogP contribution in [-0.2, 0) is 16.0 Å². The number of fused-ring (bicyclic) bond motifs is 1. The fraction of sp³-hybridized carbons (Fsp3) is 0.480. The van der Waals surface area contributed by atoms with Gasteiger partial charge in [0, 0.05) is 30.6 Å². The third-order valence-electron chi connectivity index (χ3n) is 5.46. The van der Waals surface area contributed by atoms with Gasteiger partial charge in [0.15, 0.2) is 0 Å². The first-order valence-corrected chi connectivity index (χ1v) is 12.1. The maximum Gasteiger partial charge on any atom is 0.237 e. The van der Waals surface area contributed by atoms with Gasteiger partial charge in [-0.15, -0.1) is 17.9 Å². The molecule has 1 aromatic heterocycles. The molecule has 0 radical (unpaired) electrons. The van der Waals surface area contributed by atoms with Gasteiger partial charge in [0.05, 0.1) is 31.4 Å². The fourth-order valence-electron chi connectivity index (χ4n) is 3.93. The number of hydrogen-bond donors (Lipinski definition) is 1. The Morgan fingerprint density at radius 3 is 2.97 bits per heavy atom. The third-order valence-corrected chi connectivity index (χ3v) is 6.45. The van der Waals surface area contributed by atoms with E-state index >= 15 is 0 Å². The minimum atomic E-state index is -0.697. The van der Waals surface area contributed by atoms with Crippen molar-refractivity contribution in [2.75, 3.05) is 39.4 Å². The number of amides is 1. The largest absolute Gasteiger partial charge is 0.491 e. The van der Waals surface area contributed by atoms with Gasteiger partial charge < -0.3 is 19.5 Å². The second-order valence-electron chi connectivity index (χ2n) is 8.44. The number of thiophene rings is 1. The van der Waals surface area contributed by atoms with Crippen LogP contribution in [-0.4, -0.2) is 72.4 Å². The topological polar surface area (TPSA) is 62.2 Å². The molecule has 2 heterocycles. The van der Waals surface area contributed by atoms with E-state index in [1.54, 1.807) is 29.5 Å². The molecule has 0 spiro atoms. The van der Waals surface area contributed by atoms with Gasteiger partial charge in [-0.05, 0) is 49.4 Å². The minimum Gasteiger partial charge on any atom is -0.491 e. The van der Waals surface area contributed by atoms with E-state index in [1.807, 2.05) is 35.1 Å². The Bertz CT molecular complexity index is 919. The molecule has 0 saturated carbocycles. The summed E-state index contributed by atoms with van der Waals surface area (Å²) < 4.78 is 24.9. The standard InChI is InChI=1S/C25H33FN2O4S/c1-4-10-27(14-20(29)16-31-18(2)3)15-25(30)28-11-8-24-22(9-12-33-24)23(28)17-32-21-7-5-6-19(26)13-21/h4-7,9,12-13,18,20,23,29H,1,8,10-11,14-17H2,2-3H3. The molecule has 0 bridgehead atoms. The van der Waals surface area contributed by atoms with Crippen molar-refractivity contribution >= 4 is 17.2 Å². The van der Waals surface area contributed by atoms with E-state index in [4.69, 9.17) is 9.47 Å². The average Bonchev–Trinajstić information content (AvgIpc) is 3.25. The van der Waals surface area contributed by atoms with Gasteiger partial charge in [-0.1, -0.05) is 12.1 Å². The molecular formula is C25H33FN2O4S.